The lowest BCUT2D eigenvalue weighted by Crippen LogP contribution is -2.27. The van der Waals surface area contributed by atoms with Gasteiger partial charge in [0.2, 0.25) is 0 Å². The molecule has 0 unspecified atom stereocenters. The minimum atomic E-state index is -0.558. The number of halogens is 1. The van der Waals surface area contributed by atoms with Crippen molar-refractivity contribution in [3.8, 4) is 5.75 Å². The molecule has 2 amide bonds. The fourth-order valence-corrected chi connectivity index (χ4v) is 3.85. The monoisotopic (exact) mass is 506 g/mol. The molecule has 1 fully saturated rings. The van der Waals surface area contributed by atoms with Crippen LogP contribution in [0.2, 0.25) is 0 Å². The number of benzene rings is 2. The van der Waals surface area contributed by atoms with Crippen molar-refractivity contribution in [2.45, 2.75) is 6.54 Å². The van der Waals surface area contributed by atoms with Crippen molar-refractivity contribution in [2.75, 3.05) is 13.7 Å². The van der Waals surface area contributed by atoms with Crippen LogP contribution in [0.25, 0.3) is 6.08 Å². The molecule has 1 heterocycles. The molecule has 1 aliphatic rings. The minimum Gasteiger partial charge on any atom is -0.481 e. The molecule has 0 bridgehead atoms. The van der Waals surface area contributed by atoms with Crippen LogP contribution in [0.5, 0.6) is 5.75 Å². The Hall–Kier alpha value is -3.18. The van der Waals surface area contributed by atoms with Crippen molar-refractivity contribution in [3.05, 3.63) is 73.1 Å². The summed E-state index contributed by atoms with van der Waals surface area (Å²) in [6.07, 6.45) is 1.51. The quantitative estimate of drug-likeness (QED) is 0.238. The van der Waals surface area contributed by atoms with Gasteiger partial charge in [-0.1, -0.05) is 28.1 Å². The van der Waals surface area contributed by atoms with Crippen LogP contribution in [-0.2, 0) is 20.9 Å². The summed E-state index contributed by atoms with van der Waals surface area (Å²) in [7, 11) is 1.25. The fraction of sp³-hybridized carbons (Fsp3) is 0.150. The highest BCUT2D eigenvalue weighted by Gasteiger charge is 2.35. The highest BCUT2D eigenvalue weighted by atomic mass is 79.9. The maximum absolute atomic E-state index is 12.8. The first kappa shape index (κ1) is 22.5. The van der Waals surface area contributed by atoms with Gasteiger partial charge in [0.1, 0.15) is 5.75 Å². The predicted octanol–water partition coefficient (Wildman–Crippen LogP) is 4.15. The number of imide groups is 1. The third kappa shape index (κ3) is 5.50. The number of nitro groups is 1. The van der Waals surface area contributed by atoms with E-state index in [4.69, 9.17) is 4.74 Å². The molecule has 31 heavy (non-hydrogen) atoms. The minimum absolute atomic E-state index is 0.00974. The van der Waals surface area contributed by atoms with Crippen LogP contribution < -0.4 is 4.74 Å². The summed E-state index contributed by atoms with van der Waals surface area (Å²) in [5, 5.41) is 10.3. The molecule has 0 radical (unpaired) electrons. The molecular formula is C20H15BrN2O7S. The van der Waals surface area contributed by atoms with E-state index in [1.54, 1.807) is 18.2 Å². The van der Waals surface area contributed by atoms with E-state index in [9.17, 15) is 24.5 Å². The number of methoxy groups -OCH3 is 1. The molecule has 0 aromatic heterocycles. The molecule has 1 aliphatic heterocycles. The Morgan fingerprint density at radius 3 is 2.58 bits per heavy atom. The van der Waals surface area contributed by atoms with Gasteiger partial charge in [-0.25, -0.2) is 4.79 Å². The number of thioether (sulfide) groups is 1. The van der Waals surface area contributed by atoms with E-state index in [1.807, 2.05) is 0 Å². The number of carbonyl (C=O) groups excluding carboxylic acids is 3. The summed E-state index contributed by atoms with van der Waals surface area (Å²) in [5.41, 5.74) is 1.00. The average Bonchev–Trinajstić information content (AvgIpc) is 3.00. The normalized spacial score (nSPS) is 14.8. The van der Waals surface area contributed by atoms with Crippen molar-refractivity contribution < 1.29 is 28.8 Å². The van der Waals surface area contributed by atoms with Crippen LogP contribution in [0, 0.1) is 10.1 Å². The second-order valence-electron chi connectivity index (χ2n) is 6.24. The van der Waals surface area contributed by atoms with Gasteiger partial charge in [0.15, 0.2) is 6.61 Å². The molecule has 11 heteroatoms. The van der Waals surface area contributed by atoms with E-state index in [0.29, 0.717) is 21.3 Å². The number of esters is 1. The van der Waals surface area contributed by atoms with E-state index in [1.165, 1.54) is 37.5 Å². The first-order valence-electron chi connectivity index (χ1n) is 8.76. The molecule has 0 saturated carbocycles. The average molecular weight is 507 g/mol. The summed E-state index contributed by atoms with van der Waals surface area (Å²) < 4.78 is 10.7. The highest BCUT2D eigenvalue weighted by Crippen LogP contribution is 2.35. The summed E-state index contributed by atoms with van der Waals surface area (Å²) in [4.78, 5) is 48.0. The number of non-ortho nitro benzene ring substituents is 1. The second-order valence-corrected chi connectivity index (χ2v) is 8.15. The summed E-state index contributed by atoms with van der Waals surface area (Å²) >= 11 is 4.12. The van der Waals surface area contributed by atoms with Crippen LogP contribution in [0.3, 0.4) is 0 Å². The number of hydrogen-bond donors (Lipinski definition) is 0. The Morgan fingerprint density at radius 1 is 1.23 bits per heavy atom. The van der Waals surface area contributed by atoms with Gasteiger partial charge >= 0.3 is 5.97 Å². The third-order valence-corrected chi connectivity index (χ3v) is 5.59. The number of rotatable bonds is 7. The van der Waals surface area contributed by atoms with E-state index in [0.717, 1.165) is 16.7 Å². The molecule has 160 valence electrons. The van der Waals surface area contributed by atoms with Gasteiger partial charge in [0.05, 0.1) is 23.5 Å². The van der Waals surface area contributed by atoms with Crippen LogP contribution >= 0.6 is 27.7 Å². The van der Waals surface area contributed by atoms with Crippen molar-refractivity contribution in [1.29, 1.82) is 0 Å². The van der Waals surface area contributed by atoms with Crippen molar-refractivity contribution >= 4 is 56.6 Å². The molecule has 2 aromatic rings. The molecule has 2 aromatic carbocycles. The van der Waals surface area contributed by atoms with Gasteiger partial charge in [-0.2, -0.15) is 0 Å². The van der Waals surface area contributed by atoms with Gasteiger partial charge in [-0.05, 0) is 41.6 Å². The Labute approximate surface area is 189 Å². The summed E-state index contributed by atoms with van der Waals surface area (Å²) in [6, 6.07) is 10.7. The third-order valence-electron chi connectivity index (χ3n) is 4.19. The van der Waals surface area contributed by atoms with Crippen LogP contribution in [-0.4, -0.2) is 40.7 Å². The lowest BCUT2D eigenvalue weighted by molar-refractivity contribution is -0.384. The zero-order valence-electron chi connectivity index (χ0n) is 16.1. The van der Waals surface area contributed by atoms with Gasteiger partial charge in [0, 0.05) is 22.2 Å². The Morgan fingerprint density at radius 2 is 1.94 bits per heavy atom. The van der Waals surface area contributed by atoms with Gasteiger partial charge in [-0.3, -0.25) is 24.6 Å². The molecule has 0 atom stereocenters. The topological polar surface area (TPSA) is 116 Å². The number of ether oxygens (including phenoxy) is 2. The van der Waals surface area contributed by atoms with Crippen LogP contribution in [0.1, 0.15) is 11.1 Å². The Kier molecular flexibility index (Phi) is 7.08. The molecule has 9 nitrogen and oxygen atoms in total. The molecule has 3 rings (SSSR count). The largest absolute Gasteiger partial charge is 0.481 e. The Bertz CT molecular complexity index is 1090. The smallest absolute Gasteiger partial charge is 0.343 e. The van der Waals surface area contributed by atoms with Crippen molar-refractivity contribution in [1.82, 2.24) is 4.90 Å². The lowest BCUT2D eigenvalue weighted by atomic mass is 10.1. The number of carbonyl (C=O) groups is 3. The van der Waals surface area contributed by atoms with Crippen molar-refractivity contribution in [2.24, 2.45) is 0 Å². The SMILES string of the molecule is COC(=O)COc1ccc(Br)cc1/C=C1/SC(=O)N(Cc2ccc([N+](=O)[O-])cc2)C1=O. The van der Waals surface area contributed by atoms with Crippen LogP contribution in [0.4, 0.5) is 10.5 Å². The lowest BCUT2D eigenvalue weighted by Gasteiger charge is -2.12. The van der Waals surface area contributed by atoms with Gasteiger partial charge in [0.25, 0.3) is 16.8 Å². The standard InChI is InChI=1S/C20H15BrN2O7S/c1-29-18(24)11-30-16-7-4-14(21)8-13(16)9-17-19(25)22(20(26)31-17)10-12-2-5-15(6-3-12)23(27)28/h2-9H,10-11H2,1H3/b17-9+. The number of nitro benzene ring substituents is 1. The maximum Gasteiger partial charge on any atom is 0.343 e. The highest BCUT2D eigenvalue weighted by molar-refractivity contribution is 9.10. The van der Waals surface area contributed by atoms with E-state index < -0.39 is 22.0 Å². The first-order chi connectivity index (χ1) is 14.8. The van der Waals surface area contributed by atoms with Crippen LogP contribution in [0.15, 0.2) is 51.8 Å². The number of nitrogens with zero attached hydrogens (tertiary/aromatic N) is 2. The zero-order valence-corrected chi connectivity index (χ0v) is 18.5. The second kappa shape index (κ2) is 9.75. The van der Waals surface area contributed by atoms with Crippen molar-refractivity contribution in [3.63, 3.8) is 0 Å². The van der Waals surface area contributed by atoms with E-state index in [-0.39, 0.29) is 23.7 Å². The maximum atomic E-state index is 12.8. The van der Waals surface area contributed by atoms with E-state index in [2.05, 4.69) is 20.7 Å². The molecule has 1 saturated heterocycles. The molecule has 0 spiro atoms. The molecule has 0 aliphatic carbocycles. The van der Waals surface area contributed by atoms with E-state index >= 15 is 0 Å². The summed E-state index contributed by atoms with van der Waals surface area (Å²) in [5.74, 6) is -0.708. The zero-order chi connectivity index (χ0) is 22.5. The molecular weight excluding hydrogens is 492 g/mol. The van der Waals surface area contributed by atoms with Gasteiger partial charge < -0.3 is 9.47 Å². The molecule has 0 N–H and O–H groups in total. The summed E-state index contributed by atoms with van der Waals surface area (Å²) in [6.45, 7) is -0.315. The number of hydrogen-bond acceptors (Lipinski definition) is 8. The number of amides is 2. The Balaban J connectivity index is 1.80. The predicted molar refractivity (Wildman–Crippen MR) is 116 cm³/mol. The first-order valence-corrected chi connectivity index (χ1v) is 10.4. The van der Waals surface area contributed by atoms with Gasteiger partial charge in [-0.15, -0.1) is 0 Å². The fourth-order valence-electron chi connectivity index (χ4n) is 2.64.